The maximum absolute atomic E-state index is 11.5. The molecule has 0 radical (unpaired) electrons. The quantitative estimate of drug-likeness (QED) is 0.907. The zero-order valence-corrected chi connectivity index (χ0v) is 13.1. The summed E-state index contributed by atoms with van der Waals surface area (Å²) in [5.74, 6) is 2.60. The molecule has 6 nitrogen and oxygen atoms in total. The predicted molar refractivity (Wildman–Crippen MR) is 83.3 cm³/mol. The fourth-order valence-electron chi connectivity index (χ4n) is 3.07. The average molecular weight is 310 g/mol. The van der Waals surface area contributed by atoms with Gasteiger partial charge in [-0.15, -0.1) is 0 Å². The predicted octanol–water partition coefficient (Wildman–Crippen LogP) is 1.31. The smallest absolute Gasteiger partial charge is 0.227 e. The van der Waals surface area contributed by atoms with Gasteiger partial charge < -0.3 is 10.2 Å². The van der Waals surface area contributed by atoms with E-state index in [2.05, 4.69) is 27.1 Å². The van der Waals surface area contributed by atoms with Gasteiger partial charge in [-0.1, -0.05) is 6.92 Å². The maximum atomic E-state index is 11.5. The van der Waals surface area contributed by atoms with Crippen LogP contribution >= 0.6 is 0 Å². The van der Waals surface area contributed by atoms with Crippen molar-refractivity contribution < 1.29 is 8.42 Å². The number of hydrogen-bond acceptors (Lipinski definition) is 6. The molecular formula is C14H22N4O2S. The van der Waals surface area contributed by atoms with Gasteiger partial charge in [-0.25, -0.2) is 13.4 Å². The second-order valence-corrected chi connectivity index (χ2v) is 8.41. The van der Waals surface area contributed by atoms with Crippen molar-refractivity contribution in [3.05, 3.63) is 12.3 Å². The number of rotatable bonds is 3. The lowest BCUT2D eigenvalue weighted by Gasteiger charge is -2.31. The molecule has 2 unspecified atom stereocenters. The van der Waals surface area contributed by atoms with Crippen molar-refractivity contribution in [3.63, 3.8) is 0 Å². The Morgan fingerprint density at radius 1 is 1.38 bits per heavy atom. The standard InChI is InChI=1S/C14H22N4O2S/c1-11-3-2-7-18(9-11)14-15-6-4-13(17-14)16-12-5-8-21(19,20)10-12/h4,6,11-12H,2-3,5,7-10H2,1H3,(H,15,16,17). The van der Waals surface area contributed by atoms with Crippen molar-refractivity contribution in [3.8, 4) is 0 Å². The molecule has 7 heteroatoms. The molecule has 1 aromatic rings. The Morgan fingerprint density at radius 3 is 2.95 bits per heavy atom. The largest absolute Gasteiger partial charge is 0.366 e. The van der Waals surface area contributed by atoms with E-state index in [9.17, 15) is 8.42 Å². The van der Waals surface area contributed by atoms with Crippen LogP contribution < -0.4 is 10.2 Å². The topological polar surface area (TPSA) is 75.2 Å². The zero-order valence-electron chi connectivity index (χ0n) is 12.3. The van der Waals surface area contributed by atoms with Gasteiger partial charge >= 0.3 is 0 Å². The molecule has 0 aliphatic carbocycles. The molecule has 1 aromatic heterocycles. The summed E-state index contributed by atoms with van der Waals surface area (Å²) < 4.78 is 23.0. The van der Waals surface area contributed by atoms with Crippen molar-refractivity contribution in [2.45, 2.75) is 32.2 Å². The Morgan fingerprint density at radius 2 is 2.24 bits per heavy atom. The van der Waals surface area contributed by atoms with Crippen LogP contribution in [0.5, 0.6) is 0 Å². The molecular weight excluding hydrogens is 288 g/mol. The first-order valence-corrected chi connectivity index (χ1v) is 9.39. The van der Waals surface area contributed by atoms with E-state index < -0.39 is 9.84 Å². The summed E-state index contributed by atoms with van der Waals surface area (Å²) in [7, 11) is -2.87. The van der Waals surface area contributed by atoms with Crippen LogP contribution in [0.25, 0.3) is 0 Å². The van der Waals surface area contributed by atoms with Crippen molar-refractivity contribution in [2.75, 3.05) is 34.8 Å². The Labute approximate surface area is 125 Å². The Hall–Kier alpha value is -1.37. The number of nitrogens with one attached hydrogen (secondary N) is 1. The van der Waals surface area contributed by atoms with Gasteiger partial charge in [0.25, 0.3) is 0 Å². The summed E-state index contributed by atoms with van der Waals surface area (Å²) in [6.45, 7) is 4.23. The van der Waals surface area contributed by atoms with Gasteiger partial charge in [-0.05, 0) is 31.2 Å². The fourth-order valence-corrected chi connectivity index (χ4v) is 4.74. The van der Waals surface area contributed by atoms with E-state index in [1.165, 1.54) is 12.8 Å². The highest BCUT2D eigenvalue weighted by Gasteiger charge is 2.28. The minimum atomic E-state index is -2.87. The van der Waals surface area contributed by atoms with Crippen molar-refractivity contribution in [2.24, 2.45) is 5.92 Å². The molecule has 2 aliphatic rings. The molecule has 0 aromatic carbocycles. The fraction of sp³-hybridized carbons (Fsp3) is 0.714. The van der Waals surface area contributed by atoms with E-state index in [1.54, 1.807) is 6.20 Å². The lowest BCUT2D eigenvalue weighted by atomic mass is 10.0. The molecule has 0 spiro atoms. The van der Waals surface area contributed by atoms with E-state index in [1.807, 2.05) is 6.07 Å². The highest BCUT2D eigenvalue weighted by Crippen LogP contribution is 2.21. The van der Waals surface area contributed by atoms with Gasteiger partial charge in [-0.2, -0.15) is 4.98 Å². The highest BCUT2D eigenvalue weighted by molar-refractivity contribution is 7.91. The first-order chi connectivity index (χ1) is 10.0. The molecule has 2 aliphatic heterocycles. The second-order valence-electron chi connectivity index (χ2n) is 6.18. The number of sulfone groups is 1. The zero-order chi connectivity index (χ0) is 14.9. The van der Waals surface area contributed by atoms with Crippen LogP contribution in [-0.2, 0) is 9.84 Å². The molecule has 116 valence electrons. The van der Waals surface area contributed by atoms with Crippen molar-refractivity contribution >= 4 is 21.6 Å². The van der Waals surface area contributed by atoms with Crippen LogP contribution in [0.1, 0.15) is 26.2 Å². The van der Waals surface area contributed by atoms with Gasteiger partial charge in [-0.3, -0.25) is 0 Å². The molecule has 2 atom stereocenters. The normalized spacial score (nSPS) is 28.5. The molecule has 2 fully saturated rings. The number of nitrogens with zero attached hydrogens (tertiary/aromatic N) is 3. The van der Waals surface area contributed by atoms with Crippen LogP contribution in [0.3, 0.4) is 0 Å². The van der Waals surface area contributed by atoms with E-state index in [-0.39, 0.29) is 17.5 Å². The van der Waals surface area contributed by atoms with Gasteiger partial charge in [0.05, 0.1) is 11.5 Å². The van der Waals surface area contributed by atoms with E-state index in [0.717, 1.165) is 24.9 Å². The Bertz CT molecular complexity index is 605. The third-order valence-electron chi connectivity index (χ3n) is 4.17. The monoisotopic (exact) mass is 310 g/mol. The highest BCUT2D eigenvalue weighted by atomic mass is 32.2. The van der Waals surface area contributed by atoms with E-state index >= 15 is 0 Å². The van der Waals surface area contributed by atoms with Gasteiger partial charge in [0, 0.05) is 25.3 Å². The summed E-state index contributed by atoms with van der Waals surface area (Å²) >= 11 is 0. The van der Waals surface area contributed by atoms with Crippen molar-refractivity contribution in [1.82, 2.24) is 9.97 Å². The minimum Gasteiger partial charge on any atom is -0.366 e. The van der Waals surface area contributed by atoms with Gasteiger partial charge in [0.15, 0.2) is 9.84 Å². The maximum Gasteiger partial charge on any atom is 0.227 e. The number of hydrogen-bond donors (Lipinski definition) is 1. The Kier molecular flexibility index (Phi) is 4.01. The van der Waals surface area contributed by atoms with Gasteiger partial charge in [0.2, 0.25) is 5.95 Å². The SMILES string of the molecule is CC1CCCN(c2nccc(NC3CCS(=O)(=O)C3)n2)C1. The number of anilines is 2. The van der Waals surface area contributed by atoms with Crippen LogP contribution in [0.2, 0.25) is 0 Å². The Balaban J connectivity index is 1.68. The summed E-state index contributed by atoms with van der Waals surface area (Å²) in [4.78, 5) is 11.1. The van der Waals surface area contributed by atoms with E-state index in [4.69, 9.17) is 0 Å². The molecule has 0 saturated carbocycles. The summed E-state index contributed by atoms with van der Waals surface area (Å²) in [5, 5.41) is 3.23. The summed E-state index contributed by atoms with van der Waals surface area (Å²) in [5.41, 5.74) is 0. The molecule has 3 heterocycles. The van der Waals surface area contributed by atoms with Crippen LogP contribution in [0.15, 0.2) is 12.3 Å². The van der Waals surface area contributed by atoms with Crippen LogP contribution in [0.4, 0.5) is 11.8 Å². The van der Waals surface area contributed by atoms with Crippen LogP contribution in [-0.4, -0.2) is 49.0 Å². The molecule has 0 amide bonds. The lowest BCUT2D eigenvalue weighted by Crippen LogP contribution is -2.35. The second kappa shape index (κ2) is 5.79. The third-order valence-corrected chi connectivity index (χ3v) is 5.94. The lowest BCUT2D eigenvalue weighted by molar-refractivity contribution is 0.442. The third kappa shape index (κ3) is 3.64. The first-order valence-electron chi connectivity index (χ1n) is 7.57. The average Bonchev–Trinajstić information content (AvgIpc) is 2.78. The van der Waals surface area contributed by atoms with Gasteiger partial charge in [0.1, 0.15) is 5.82 Å². The minimum absolute atomic E-state index is 0.0296. The molecule has 1 N–H and O–H groups in total. The first kappa shape index (κ1) is 14.6. The molecule has 2 saturated heterocycles. The molecule has 0 bridgehead atoms. The summed E-state index contributed by atoms with van der Waals surface area (Å²) in [6, 6.07) is 1.78. The van der Waals surface area contributed by atoms with Crippen molar-refractivity contribution in [1.29, 1.82) is 0 Å². The number of piperidine rings is 1. The molecule has 21 heavy (non-hydrogen) atoms. The number of aromatic nitrogens is 2. The summed E-state index contributed by atoms with van der Waals surface area (Å²) in [6.07, 6.45) is 4.83. The molecule has 3 rings (SSSR count). The van der Waals surface area contributed by atoms with Crippen LogP contribution in [0, 0.1) is 5.92 Å². The van der Waals surface area contributed by atoms with E-state index in [0.29, 0.717) is 12.3 Å².